The van der Waals surface area contributed by atoms with Crippen molar-refractivity contribution in [3.8, 4) is 0 Å². The number of hydrogen-bond acceptors (Lipinski definition) is 3. The number of alkyl halides is 1. The zero-order chi connectivity index (χ0) is 12.4. The average molecular weight is 317 g/mol. The second-order valence-corrected chi connectivity index (χ2v) is 6.94. The van der Waals surface area contributed by atoms with Crippen molar-refractivity contribution in [2.75, 3.05) is 6.54 Å². The highest BCUT2D eigenvalue weighted by Crippen LogP contribution is 2.31. The molecule has 0 bridgehead atoms. The molecule has 1 N–H and O–H groups in total. The summed E-state index contributed by atoms with van der Waals surface area (Å²) in [5.74, 6) is 0.605. The smallest absolute Gasteiger partial charge is 0.263 e. The Morgan fingerprint density at radius 3 is 2.82 bits per heavy atom. The number of nitrogens with zero attached hydrogens (tertiary/aromatic N) is 1. The Morgan fingerprint density at radius 2 is 2.29 bits per heavy atom. The van der Waals surface area contributed by atoms with Gasteiger partial charge in [-0.15, -0.1) is 11.3 Å². The van der Waals surface area contributed by atoms with Crippen LogP contribution < -0.4 is 5.32 Å². The molecule has 1 fully saturated rings. The van der Waals surface area contributed by atoms with Gasteiger partial charge in [0.15, 0.2) is 0 Å². The van der Waals surface area contributed by atoms with Crippen molar-refractivity contribution in [2.24, 2.45) is 5.92 Å². The second kappa shape index (κ2) is 5.48. The summed E-state index contributed by atoms with van der Waals surface area (Å²) in [5, 5.41) is 3.98. The number of halogens is 1. The third kappa shape index (κ3) is 3.07. The van der Waals surface area contributed by atoms with Crippen LogP contribution in [-0.4, -0.2) is 22.3 Å². The minimum Gasteiger partial charge on any atom is -0.351 e. The number of carbonyl (C=O) groups is 1. The predicted octanol–water partition coefficient (Wildman–Crippen LogP) is 3.05. The molecule has 1 aromatic rings. The molecule has 5 heteroatoms. The number of aryl methyl sites for hydroxylation is 2. The van der Waals surface area contributed by atoms with E-state index < -0.39 is 0 Å². The molecule has 3 nitrogen and oxygen atoms in total. The summed E-state index contributed by atoms with van der Waals surface area (Å²) in [6, 6.07) is 0. The molecular weight excluding hydrogens is 300 g/mol. The molecule has 1 amide bonds. The normalized spacial score (nSPS) is 23.9. The molecule has 1 aliphatic rings. The van der Waals surface area contributed by atoms with Gasteiger partial charge in [-0.3, -0.25) is 4.79 Å². The Balaban J connectivity index is 1.91. The molecular formula is C12H17BrN2OS. The first-order chi connectivity index (χ1) is 8.08. The predicted molar refractivity (Wildman–Crippen MR) is 74.0 cm³/mol. The Bertz CT molecular complexity index is 419. The quantitative estimate of drug-likeness (QED) is 0.871. The maximum atomic E-state index is 12.0. The van der Waals surface area contributed by atoms with Crippen molar-refractivity contribution in [3.05, 3.63) is 15.6 Å². The summed E-state index contributed by atoms with van der Waals surface area (Å²) in [6.45, 7) is 4.59. The molecule has 2 unspecified atom stereocenters. The number of carbonyl (C=O) groups excluding carboxylic acids is 1. The molecule has 1 saturated carbocycles. The summed E-state index contributed by atoms with van der Waals surface area (Å²) < 4.78 is 0. The van der Waals surface area contributed by atoms with Crippen LogP contribution in [0.15, 0.2) is 0 Å². The van der Waals surface area contributed by atoms with E-state index in [0.29, 0.717) is 10.7 Å². The van der Waals surface area contributed by atoms with Crippen molar-refractivity contribution in [1.82, 2.24) is 10.3 Å². The molecule has 1 aliphatic carbocycles. The van der Waals surface area contributed by atoms with Gasteiger partial charge in [-0.05, 0) is 32.6 Å². The molecule has 17 heavy (non-hydrogen) atoms. The van der Waals surface area contributed by atoms with Gasteiger partial charge in [-0.25, -0.2) is 4.98 Å². The van der Waals surface area contributed by atoms with E-state index in [1.807, 2.05) is 13.8 Å². The van der Waals surface area contributed by atoms with Crippen LogP contribution in [0.5, 0.6) is 0 Å². The van der Waals surface area contributed by atoms with Gasteiger partial charge in [0.1, 0.15) is 4.88 Å². The van der Waals surface area contributed by atoms with Crippen molar-refractivity contribution < 1.29 is 4.79 Å². The van der Waals surface area contributed by atoms with Crippen LogP contribution in [0.3, 0.4) is 0 Å². The van der Waals surface area contributed by atoms with Gasteiger partial charge in [0.25, 0.3) is 5.91 Å². The van der Waals surface area contributed by atoms with E-state index in [0.717, 1.165) is 22.1 Å². The zero-order valence-electron chi connectivity index (χ0n) is 10.1. The van der Waals surface area contributed by atoms with E-state index in [1.54, 1.807) is 0 Å². The molecule has 1 aromatic heterocycles. The first-order valence-electron chi connectivity index (χ1n) is 5.94. The van der Waals surface area contributed by atoms with Gasteiger partial charge in [-0.1, -0.05) is 22.4 Å². The van der Waals surface area contributed by atoms with Crippen LogP contribution in [0.25, 0.3) is 0 Å². The number of thiazole rings is 1. The van der Waals surface area contributed by atoms with Gasteiger partial charge in [-0.2, -0.15) is 0 Å². The van der Waals surface area contributed by atoms with E-state index >= 15 is 0 Å². The summed E-state index contributed by atoms with van der Waals surface area (Å²) in [6.07, 6.45) is 3.69. The Labute approximate surface area is 114 Å². The van der Waals surface area contributed by atoms with Gasteiger partial charge in [0.05, 0.1) is 10.7 Å². The minimum absolute atomic E-state index is 0.0275. The molecule has 0 saturated heterocycles. The van der Waals surface area contributed by atoms with Gasteiger partial charge in [0.2, 0.25) is 0 Å². The molecule has 94 valence electrons. The third-order valence-corrected chi connectivity index (χ3v) is 5.48. The van der Waals surface area contributed by atoms with Crippen LogP contribution in [0, 0.1) is 19.8 Å². The molecule has 1 heterocycles. The van der Waals surface area contributed by atoms with E-state index in [4.69, 9.17) is 0 Å². The van der Waals surface area contributed by atoms with Gasteiger partial charge >= 0.3 is 0 Å². The fourth-order valence-corrected chi connectivity index (χ4v) is 3.88. The van der Waals surface area contributed by atoms with Crippen LogP contribution >= 0.6 is 27.3 Å². The highest BCUT2D eigenvalue weighted by atomic mass is 79.9. The standard InChI is InChI=1S/C12H17BrN2OS/c1-7-11(17-8(2)15-7)12(16)14-6-9-4-3-5-10(9)13/h9-10H,3-6H2,1-2H3,(H,14,16). The van der Waals surface area contributed by atoms with Crippen LogP contribution in [0.2, 0.25) is 0 Å². The number of amides is 1. The van der Waals surface area contributed by atoms with Crippen molar-refractivity contribution >= 4 is 33.2 Å². The maximum Gasteiger partial charge on any atom is 0.263 e. The third-order valence-electron chi connectivity index (χ3n) is 3.20. The van der Waals surface area contributed by atoms with E-state index in [2.05, 4.69) is 26.2 Å². The number of nitrogens with one attached hydrogen (secondary N) is 1. The minimum atomic E-state index is 0.0275. The summed E-state index contributed by atoms with van der Waals surface area (Å²) in [4.78, 5) is 17.6. The first kappa shape index (κ1) is 13.0. The molecule has 0 radical (unpaired) electrons. The number of hydrogen-bond donors (Lipinski definition) is 1. The maximum absolute atomic E-state index is 12.0. The van der Waals surface area contributed by atoms with E-state index in [9.17, 15) is 4.79 Å². The Hall–Kier alpha value is -0.420. The Morgan fingerprint density at radius 1 is 1.53 bits per heavy atom. The summed E-state index contributed by atoms with van der Waals surface area (Å²) in [5.41, 5.74) is 0.840. The monoisotopic (exact) mass is 316 g/mol. The largest absolute Gasteiger partial charge is 0.351 e. The number of aromatic nitrogens is 1. The molecule has 0 aliphatic heterocycles. The van der Waals surface area contributed by atoms with Crippen molar-refractivity contribution in [3.63, 3.8) is 0 Å². The van der Waals surface area contributed by atoms with E-state index in [1.165, 1.54) is 30.6 Å². The topological polar surface area (TPSA) is 42.0 Å². The average Bonchev–Trinajstić information content (AvgIpc) is 2.81. The Kier molecular flexibility index (Phi) is 4.20. The van der Waals surface area contributed by atoms with E-state index in [-0.39, 0.29) is 5.91 Å². The fourth-order valence-electron chi connectivity index (χ4n) is 2.27. The van der Waals surface area contributed by atoms with Crippen LogP contribution in [0.1, 0.15) is 39.6 Å². The molecule has 2 rings (SSSR count). The lowest BCUT2D eigenvalue weighted by Gasteiger charge is -2.14. The molecule has 0 aromatic carbocycles. The lowest BCUT2D eigenvalue weighted by atomic mass is 10.1. The summed E-state index contributed by atoms with van der Waals surface area (Å²) >= 11 is 5.14. The molecule has 2 atom stereocenters. The highest BCUT2D eigenvalue weighted by molar-refractivity contribution is 9.09. The lowest BCUT2D eigenvalue weighted by Crippen LogP contribution is -2.30. The second-order valence-electron chi connectivity index (χ2n) is 4.56. The van der Waals surface area contributed by atoms with Gasteiger partial charge in [0, 0.05) is 11.4 Å². The number of rotatable bonds is 3. The fraction of sp³-hybridized carbons (Fsp3) is 0.667. The highest BCUT2D eigenvalue weighted by Gasteiger charge is 2.25. The summed E-state index contributed by atoms with van der Waals surface area (Å²) in [7, 11) is 0. The first-order valence-corrected chi connectivity index (χ1v) is 7.67. The molecule has 0 spiro atoms. The lowest BCUT2D eigenvalue weighted by molar-refractivity contribution is 0.0951. The van der Waals surface area contributed by atoms with Crippen molar-refractivity contribution in [1.29, 1.82) is 0 Å². The van der Waals surface area contributed by atoms with Crippen molar-refractivity contribution in [2.45, 2.75) is 37.9 Å². The zero-order valence-corrected chi connectivity index (χ0v) is 12.5. The SMILES string of the molecule is Cc1nc(C)c(C(=O)NCC2CCCC2Br)s1. The van der Waals surface area contributed by atoms with Gasteiger partial charge < -0.3 is 5.32 Å². The van der Waals surface area contributed by atoms with Crippen LogP contribution in [0.4, 0.5) is 0 Å². The van der Waals surface area contributed by atoms with Crippen LogP contribution in [-0.2, 0) is 0 Å².